The number of ether oxygens (including phenoxy) is 2. The van der Waals surface area contributed by atoms with Gasteiger partial charge >= 0.3 is 19.5 Å². The molecule has 0 heterocycles. The van der Waals surface area contributed by atoms with Crippen LogP contribution in [-0.2, 0) is 28.2 Å². The Bertz CT molecular complexity index is 754. The van der Waals surface area contributed by atoms with Crippen molar-refractivity contribution < 1.29 is 33.0 Å². The molecule has 286 valence electrons. The van der Waals surface area contributed by atoms with Crippen molar-refractivity contribution in [3.63, 3.8) is 0 Å². The van der Waals surface area contributed by atoms with E-state index >= 15 is 0 Å². The second kappa shape index (κ2) is 35.9. The lowest BCUT2D eigenvalue weighted by Gasteiger charge is -2.19. The van der Waals surface area contributed by atoms with Crippen LogP contribution in [0.25, 0.3) is 0 Å². The summed E-state index contributed by atoms with van der Waals surface area (Å²) in [6.45, 7) is 5.17. The molecule has 0 aromatic heterocycles. The lowest BCUT2D eigenvalue weighted by atomic mass is 10.0. The van der Waals surface area contributed by atoms with Crippen LogP contribution in [0.3, 0.4) is 0 Å². The van der Waals surface area contributed by atoms with Gasteiger partial charge in [0.1, 0.15) is 6.61 Å². The van der Waals surface area contributed by atoms with E-state index in [0.717, 1.165) is 45.2 Å². The number of hydrogen-bond acceptors (Lipinski definition) is 6. The summed E-state index contributed by atoms with van der Waals surface area (Å²) in [5, 5.41) is 0. The Morgan fingerprint density at radius 3 is 1.08 bits per heavy atom. The number of esters is 2. The lowest BCUT2D eigenvalue weighted by Crippen LogP contribution is -2.29. The summed E-state index contributed by atoms with van der Waals surface area (Å²) in [5.41, 5.74) is 0. The Balaban J connectivity index is 3.88. The minimum atomic E-state index is -3.74. The number of carbonyl (C=O) groups is 2. The van der Waals surface area contributed by atoms with Crippen LogP contribution in [0.15, 0.2) is 0 Å². The first-order chi connectivity index (χ1) is 23.3. The van der Waals surface area contributed by atoms with Gasteiger partial charge in [-0.2, -0.15) is 0 Å². The van der Waals surface area contributed by atoms with E-state index in [4.69, 9.17) is 14.0 Å². The van der Waals surface area contributed by atoms with E-state index in [-0.39, 0.29) is 31.6 Å². The van der Waals surface area contributed by atoms with E-state index in [1.807, 2.05) is 0 Å². The van der Waals surface area contributed by atoms with E-state index in [0.29, 0.717) is 6.42 Å². The van der Waals surface area contributed by atoms with Crippen molar-refractivity contribution in [2.24, 2.45) is 0 Å². The highest BCUT2D eigenvalue weighted by Crippen LogP contribution is 2.36. The second-order valence-electron chi connectivity index (χ2n) is 14.3. The van der Waals surface area contributed by atoms with Crippen molar-refractivity contribution in [1.29, 1.82) is 0 Å². The lowest BCUT2D eigenvalue weighted by molar-refractivity contribution is -0.161. The topological polar surface area (TPSA) is 99.1 Å². The largest absolute Gasteiger partial charge is 0.462 e. The molecule has 0 radical (unpaired) electrons. The summed E-state index contributed by atoms with van der Waals surface area (Å²) in [6, 6.07) is 0. The van der Waals surface area contributed by atoms with E-state index in [9.17, 15) is 19.0 Å². The number of unbranched alkanes of at least 4 members (excludes halogenated alkanes) is 28. The fourth-order valence-corrected chi connectivity index (χ4v) is 6.56. The van der Waals surface area contributed by atoms with Crippen molar-refractivity contribution >= 4 is 19.5 Å². The predicted octanol–water partition coefficient (Wildman–Crippen LogP) is 12.8. The van der Waals surface area contributed by atoms with Crippen LogP contribution in [0.4, 0.5) is 0 Å². The van der Waals surface area contributed by atoms with Gasteiger partial charge in [0, 0.05) is 19.5 Å². The minimum absolute atomic E-state index is 0.165. The third-order valence-corrected chi connectivity index (χ3v) is 9.83. The average Bonchev–Trinajstić information content (AvgIpc) is 3.05. The van der Waals surface area contributed by atoms with E-state index < -0.39 is 13.7 Å². The van der Waals surface area contributed by atoms with Crippen molar-refractivity contribution in [3.8, 4) is 0 Å². The Labute approximate surface area is 297 Å². The molecule has 0 aromatic rings. The molecule has 1 N–H and O–H groups in total. The molecule has 0 aromatic carbocycles. The molecule has 2 atom stereocenters. The van der Waals surface area contributed by atoms with Crippen LogP contribution in [0, 0.1) is 0 Å². The molecule has 7 nitrogen and oxygen atoms in total. The van der Waals surface area contributed by atoms with Gasteiger partial charge in [0.15, 0.2) is 6.10 Å². The Morgan fingerprint density at radius 2 is 0.771 bits per heavy atom. The number of rotatable bonds is 38. The zero-order valence-corrected chi connectivity index (χ0v) is 32.9. The zero-order valence-electron chi connectivity index (χ0n) is 32.0. The Morgan fingerprint density at radius 1 is 0.479 bits per heavy atom. The van der Waals surface area contributed by atoms with E-state index in [1.54, 1.807) is 0 Å². The highest BCUT2D eigenvalue weighted by molar-refractivity contribution is 7.51. The van der Waals surface area contributed by atoms with Crippen molar-refractivity contribution in [3.05, 3.63) is 0 Å². The van der Waals surface area contributed by atoms with Gasteiger partial charge in [0.2, 0.25) is 0 Å². The third kappa shape index (κ3) is 37.9. The molecule has 0 fully saturated rings. The second-order valence-corrected chi connectivity index (χ2v) is 16.2. The normalized spacial score (nSPS) is 13.3. The van der Waals surface area contributed by atoms with Crippen LogP contribution < -0.4 is 0 Å². The van der Waals surface area contributed by atoms with Crippen LogP contribution in [0.2, 0.25) is 0 Å². The maximum atomic E-state index is 12.4. The molecular formula is C40H79O7P. The quantitative estimate of drug-likeness (QED) is 0.0388. The fraction of sp³-hybridized carbons (Fsp3) is 0.950. The van der Waals surface area contributed by atoms with Crippen LogP contribution in [-0.4, -0.2) is 42.8 Å². The molecular weight excluding hydrogens is 623 g/mol. The number of hydrogen-bond donors (Lipinski definition) is 1. The van der Waals surface area contributed by atoms with Crippen LogP contribution in [0.5, 0.6) is 0 Å². The summed E-state index contributed by atoms with van der Waals surface area (Å²) in [7, 11) is -3.74. The number of carbonyl (C=O) groups excluding carboxylic acids is 2. The predicted molar refractivity (Wildman–Crippen MR) is 202 cm³/mol. The van der Waals surface area contributed by atoms with E-state index in [2.05, 4.69) is 13.8 Å². The summed E-state index contributed by atoms with van der Waals surface area (Å²) in [5.74, 6) is -0.725. The standard InChI is InChI=1S/C40H79O7P/c1-4-6-8-10-12-14-16-18-20-22-24-26-28-30-32-34-39(41)45-36-38(37-46-48(3,43)44)47-40(42)35-33-31-29-27-25-23-21-19-17-15-13-11-9-7-5-2/h38H,4-37H2,1-3H3,(H,43,44). The molecule has 0 aliphatic rings. The van der Waals surface area contributed by atoms with E-state index in [1.165, 1.54) is 154 Å². The summed E-state index contributed by atoms with van der Waals surface area (Å²) >= 11 is 0. The van der Waals surface area contributed by atoms with Gasteiger partial charge in [-0.1, -0.05) is 194 Å². The summed E-state index contributed by atoms with van der Waals surface area (Å²) in [6.07, 6.45) is 37.6. The first kappa shape index (κ1) is 47.1. The SMILES string of the molecule is CCCCCCCCCCCCCCCCCC(=O)OCC(COP(C)(=O)O)OC(=O)CCCCCCCCCCCCCCCCC. The highest BCUT2D eigenvalue weighted by atomic mass is 31.2. The molecule has 0 saturated heterocycles. The maximum absolute atomic E-state index is 12.4. The molecule has 0 aliphatic heterocycles. The van der Waals surface area contributed by atoms with Gasteiger partial charge in [-0.05, 0) is 12.8 Å². The molecule has 0 saturated carbocycles. The molecule has 8 heteroatoms. The van der Waals surface area contributed by atoms with Gasteiger partial charge in [-0.25, -0.2) is 0 Å². The van der Waals surface area contributed by atoms with Crippen molar-refractivity contribution in [1.82, 2.24) is 0 Å². The van der Waals surface area contributed by atoms with Gasteiger partial charge in [0.05, 0.1) is 6.61 Å². The van der Waals surface area contributed by atoms with Gasteiger partial charge in [0.25, 0.3) is 0 Å². The van der Waals surface area contributed by atoms with Crippen molar-refractivity contribution in [2.75, 3.05) is 19.9 Å². The van der Waals surface area contributed by atoms with Gasteiger partial charge in [-0.3, -0.25) is 14.2 Å². The van der Waals surface area contributed by atoms with Crippen LogP contribution in [0.1, 0.15) is 219 Å². The van der Waals surface area contributed by atoms with Crippen molar-refractivity contribution in [2.45, 2.75) is 225 Å². The van der Waals surface area contributed by atoms with Gasteiger partial charge in [-0.15, -0.1) is 0 Å². The average molecular weight is 703 g/mol. The molecule has 0 aliphatic carbocycles. The zero-order chi connectivity index (χ0) is 35.4. The fourth-order valence-electron chi connectivity index (χ4n) is 6.12. The first-order valence-corrected chi connectivity index (χ1v) is 22.6. The molecule has 0 spiro atoms. The molecule has 48 heavy (non-hydrogen) atoms. The summed E-state index contributed by atoms with van der Waals surface area (Å²) in [4.78, 5) is 34.2. The smallest absolute Gasteiger partial charge is 0.325 e. The Hall–Kier alpha value is -0.910. The highest BCUT2D eigenvalue weighted by Gasteiger charge is 2.21. The molecule has 0 bridgehead atoms. The maximum Gasteiger partial charge on any atom is 0.325 e. The summed E-state index contributed by atoms with van der Waals surface area (Å²) < 4.78 is 27.4. The van der Waals surface area contributed by atoms with Crippen LogP contribution >= 0.6 is 7.60 Å². The monoisotopic (exact) mass is 703 g/mol. The molecule has 2 unspecified atom stereocenters. The minimum Gasteiger partial charge on any atom is -0.462 e. The van der Waals surface area contributed by atoms with Gasteiger partial charge < -0.3 is 18.9 Å². The third-order valence-electron chi connectivity index (χ3n) is 9.20. The first-order valence-electron chi connectivity index (χ1n) is 20.6. The Kier molecular flexibility index (Phi) is 35.2. The molecule has 0 rings (SSSR count). The molecule has 0 amide bonds.